The second-order valence-corrected chi connectivity index (χ2v) is 6.10. The van der Waals surface area contributed by atoms with Crippen LogP contribution in [-0.2, 0) is 6.61 Å². The lowest BCUT2D eigenvalue weighted by Crippen LogP contribution is -2.25. The summed E-state index contributed by atoms with van der Waals surface area (Å²) < 4.78 is 5.65. The van der Waals surface area contributed by atoms with E-state index in [4.69, 9.17) is 16.3 Å². The van der Waals surface area contributed by atoms with Crippen LogP contribution in [0.1, 0.15) is 27.3 Å². The van der Waals surface area contributed by atoms with Crippen molar-refractivity contribution in [2.24, 2.45) is 0 Å². The van der Waals surface area contributed by atoms with Gasteiger partial charge in [0.05, 0.1) is 5.69 Å². The first-order valence-electron chi connectivity index (χ1n) is 6.61. The molecule has 1 aromatic carbocycles. The fourth-order valence-corrected chi connectivity index (χ4v) is 2.80. The Morgan fingerprint density at radius 2 is 2.05 bits per heavy atom. The van der Waals surface area contributed by atoms with Crippen LogP contribution in [0.5, 0.6) is 5.75 Å². The summed E-state index contributed by atoms with van der Waals surface area (Å²) in [6.45, 7) is 4.81. The van der Waals surface area contributed by atoms with Gasteiger partial charge >= 0.3 is 0 Å². The van der Waals surface area contributed by atoms with Gasteiger partial charge in [0.1, 0.15) is 22.2 Å². The number of carbonyl (C=O) groups excluding carboxylic acids is 1. The fourth-order valence-electron chi connectivity index (χ4n) is 1.71. The number of rotatable bonds is 5. The summed E-state index contributed by atoms with van der Waals surface area (Å²) in [7, 11) is 1.78. The van der Waals surface area contributed by atoms with E-state index in [0.717, 1.165) is 16.5 Å². The van der Waals surface area contributed by atoms with E-state index in [1.807, 2.05) is 13.8 Å². The first kappa shape index (κ1) is 15.8. The van der Waals surface area contributed by atoms with Crippen LogP contribution >= 0.6 is 22.9 Å². The Morgan fingerprint density at radius 3 is 2.67 bits per heavy atom. The van der Waals surface area contributed by atoms with E-state index >= 15 is 0 Å². The third-order valence-corrected chi connectivity index (χ3v) is 4.40. The van der Waals surface area contributed by atoms with Crippen molar-refractivity contribution in [1.82, 2.24) is 9.88 Å². The van der Waals surface area contributed by atoms with Gasteiger partial charge in [-0.2, -0.15) is 0 Å². The summed E-state index contributed by atoms with van der Waals surface area (Å²) in [5, 5.41) is 1.46. The number of benzene rings is 1. The number of thiazole rings is 1. The van der Waals surface area contributed by atoms with Crippen LogP contribution < -0.4 is 4.74 Å². The van der Waals surface area contributed by atoms with Crippen LogP contribution in [0.4, 0.5) is 0 Å². The zero-order chi connectivity index (χ0) is 15.4. The molecule has 0 aliphatic rings. The first-order valence-corrected chi connectivity index (χ1v) is 7.80. The molecule has 1 amide bonds. The van der Waals surface area contributed by atoms with E-state index in [2.05, 4.69) is 4.98 Å². The standard InChI is InChI=1S/C15H17ClN2O2S/c1-4-18(3)15(19)14-10(2)17-13(21-14)9-20-12-7-5-11(16)6-8-12/h5-8H,4,9H2,1-3H3. The Balaban J connectivity index is 2.05. The van der Waals surface area contributed by atoms with Crippen molar-refractivity contribution in [2.45, 2.75) is 20.5 Å². The van der Waals surface area contributed by atoms with Crippen molar-refractivity contribution >= 4 is 28.8 Å². The number of ether oxygens (including phenoxy) is 1. The van der Waals surface area contributed by atoms with Gasteiger partial charge in [0, 0.05) is 18.6 Å². The van der Waals surface area contributed by atoms with Crippen molar-refractivity contribution in [3.8, 4) is 5.75 Å². The Hall–Kier alpha value is -1.59. The van der Waals surface area contributed by atoms with Crippen LogP contribution in [0, 0.1) is 6.92 Å². The summed E-state index contributed by atoms with van der Waals surface area (Å²) in [6, 6.07) is 7.16. The third-order valence-electron chi connectivity index (χ3n) is 3.03. The number of hydrogen-bond donors (Lipinski definition) is 0. The molecule has 0 saturated carbocycles. The molecule has 0 fully saturated rings. The Kier molecular flexibility index (Phi) is 5.20. The maximum atomic E-state index is 12.2. The second-order valence-electron chi connectivity index (χ2n) is 4.58. The SMILES string of the molecule is CCN(C)C(=O)c1sc(COc2ccc(Cl)cc2)nc1C. The predicted octanol–water partition coefficient (Wildman–Crippen LogP) is 3.78. The molecule has 2 rings (SSSR count). The number of halogens is 1. The number of aromatic nitrogens is 1. The molecule has 1 aromatic heterocycles. The molecule has 2 aromatic rings. The molecule has 1 heterocycles. The minimum atomic E-state index is 0.00485. The Labute approximate surface area is 133 Å². The van der Waals surface area contributed by atoms with Crippen molar-refractivity contribution < 1.29 is 9.53 Å². The van der Waals surface area contributed by atoms with E-state index in [1.165, 1.54) is 11.3 Å². The van der Waals surface area contributed by atoms with E-state index < -0.39 is 0 Å². The molecule has 0 radical (unpaired) electrons. The molecular weight excluding hydrogens is 308 g/mol. The van der Waals surface area contributed by atoms with E-state index in [1.54, 1.807) is 36.2 Å². The summed E-state index contributed by atoms with van der Waals surface area (Å²) in [4.78, 5) is 18.9. The molecule has 0 atom stereocenters. The second kappa shape index (κ2) is 6.91. The number of carbonyl (C=O) groups is 1. The van der Waals surface area contributed by atoms with Gasteiger partial charge in [-0.15, -0.1) is 11.3 Å². The van der Waals surface area contributed by atoms with Gasteiger partial charge in [-0.3, -0.25) is 4.79 Å². The minimum absolute atomic E-state index is 0.00485. The fraction of sp³-hybridized carbons (Fsp3) is 0.333. The molecule has 4 nitrogen and oxygen atoms in total. The summed E-state index contributed by atoms with van der Waals surface area (Å²) in [5.74, 6) is 0.732. The zero-order valence-electron chi connectivity index (χ0n) is 12.2. The zero-order valence-corrected chi connectivity index (χ0v) is 13.8. The van der Waals surface area contributed by atoms with Gasteiger partial charge in [0.15, 0.2) is 0 Å². The predicted molar refractivity (Wildman–Crippen MR) is 85.3 cm³/mol. The largest absolute Gasteiger partial charge is 0.486 e. The molecule has 0 saturated heterocycles. The lowest BCUT2D eigenvalue weighted by atomic mass is 10.3. The monoisotopic (exact) mass is 324 g/mol. The third kappa shape index (κ3) is 3.95. The molecule has 0 aliphatic heterocycles. The number of aryl methyl sites for hydroxylation is 1. The average Bonchev–Trinajstić information content (AvgIpc) is 2.86. The average molecular weight is 325 g/mol. The highest BCUT2D eigenvalue weighted by molar-refractivity contribution is 7.13. The summed E-state index contributed by atoms with van der Waals surface area (Å²) in [6.07, 6.45) is 0. The number of hydrogen-bond acceptors (Lipinski definition) is 4. The topological polar surface area (TPSA) is 42.4 Å². The van der Waals surface area contributed by atoms with Crippen molar-refractivity contribution in [3.63, 3.8) is 0 Å². The highest BCUT2D eigenvalue weighted by Crippen LogP contribution is 2.22. The molecular formula is C15H17ClN2O2S. The summed E-state index contributed by atoms with van der Waals surface area (Å²) >= 11 is 7.20. The van der Waals surface area contributed by atoms with Gasteiger partial charge < -0.3 is 9.64 Å². The molecule has 0 aliphatic carbocycles. The Morgan fingerprint density at radius 1 is 1.38 bits per heavy atom. The van der Waals surface area contributed by atoms with E-state index in [-0.39, 0.29) is 5.91 Å². The molecule has 0 bridgehead atoms. The first-order chi connectivity index (χ1) is 10.0. The van der Waals surface area contributed by atoms with Gasteiger partial charge in [0.25, 0.3) is 5.91 Å². The molecule has 21 heavy (non-hydrogen) atoms. The van der Waals surface area contributed by atoms with Crippen LogP contribution in [0.15, 0.2) is 24.3 Å². The quantitative estimate of drug-likeness (QED) is 0.840. The van der Waals surface area contributed by atoms with Gasteiger partial charge in [-0.05, 0) is 38.1 Å². The summed E-state index contributed by atoms with van der Waals surface area (Å²) in [5.41, 5.74) is 0.750. The van der Waals surface area contributed by atoms with Crippen LogP contribution in [0.3, 0.4) is 0 Å². The molecule has 0 spiro atoms. The normalized spacial score (nSPS) is 10.5. The molecule has 112 valence electrons. The van der Waals surface area contributed by atoms with Crippen molar-refractivity contribution in [2.75, 3.05) is 13.6 Å². The maximum absolute atomic E-state index is 12.2. The maximum Gasteiger partial charge on any atom is 0.265 e. The smallest absolute Gasteiger partial charge is 0.265 e. The number of nitrogens with zero attached hydrogens (tertiary/aromatic N) is 2. The number of amides is 1. The van der Waals surface area contributed by atoms with Gasteiger partial charge in [-0.1, -0.05) is 11.6 Å². The molecule has 0 unspecified atom stereocenters. The molecule has 0 N–H and O–H groups in total. The van der Waals surface area contributed by atoms with Crippen LogP contribution in [0.2, 0.25) is 5.02 Å². The lowest BCUT2D eigenvalue weighted by molar-refractivity contribution is 0.0806. The van der Waals surface area contributed by atoms with Gasteiger partial charge in [-0.25, -0.2) is 4.98 Å². The van der Waals surface area contributed by atoms with Gasteiger partial charge in [0.2, 0.25) is 0 Å². The van der Waals surface area contributed by atoms with E-state index in [9.17, 15) is 4.79 Å². The molecule has 6 heteroatoms. The van der Waals surface area contributed by atoms with Crippen LogP contribution in [-0.4, -0.2) is 29.4 Å². The minimum Gasteiger partial charge on any atom is -0.486 e. The van der Waals surface area contributed by atoms with E-state index in [0.29, 0.717) is 23.1 Å². The van der Waals surface area contributed by atoms with Crippen molar-refractivity contribution in [3.05, 3.63) is 44.9 Å². The lowest BCUT2D eigenvalue weighted by Gasteiger charge is -2.12. The van der Waals surface area contributed by atoms with Crippen LogP contribution in [0.25, 0.3) is 0 Å². The highest BCUT2D eigenvalue weighted by atomic mass is 35.5. The Bertz CT molecular complexity index is 625. The highest BCUT2D eigenvalue weighted by Gasteiger charge is 2.18. The van der Waals surface area contributed by atoms with Crippen molar-refractivity contribution in [1.29, 1.82) is 0 Å².